The van der Waals surface area contributed by atoms with Crippen LogP contribution in [0.15, 0.2) is 54.6 Å². The van der Waals surface area contributed by atoms with Gasteiger partial charge in [-0.15, -0.1) is 0 Å². The molecule has 10 nitrogen and oxygen atoms in total. The van der Waals surface area contributed by atoms with Crippen LogP contribution in [0, 0.1) is 6.92 Å². The molecule has 202 valence electrons. The molecule has 2 heterocycles. The molecule has 3 aromatic rings. The third-order valence-electron chi connectivity index (χ3n) is 6.55. The van der Waals surface area contributed by atoms with Gasteiger partial charge in [0.1, 0.15) is 18.4 Å². The Kier molecular flexibility index (Phi) is 8.60. The molecule has 11 heteroatoms. The fourth-order valence-corrected chi connectivity index (χ4v) is 5.34. The van der Waals surface area contributed by atoms with E-state index in [2.05, 4.69) is 10.3 Å². The lowest BCUT2D eigenvalue weighted by Crippen LogP contribution is -2.57. The number of carbonyl (C=O) groups is 2. The molecule has 0 unspecified atom stereocenters. The van der Waals surface area contributed by atoms with Gasteiger partial charge < -0.3 is 14.8 Å². The van der Waals surface area contributed by atoms with E-state index in [9.17, 15) is 18.0 Å². The van der Waals surface area contributed by atoms with Crippen molar-refractivity contribution in [3.63, 3.8) is 0 Å². The molecule has 1 aliphatic heterocycles. The number of esters is 1. The zero-order chi connectivity index (χ0) is 27.3. The molecule has 1 aliphatic rings. The Hall–Kier alpha value is -3.54. The summed E-state index contributed by atoms with van der Waals surface area (Å²) in [7, 11) is -2.00. The number of para-hydroxylation sites is 1. The van der Waals surface area contributed by atoms with Gasteiger partial charge in [0.05, 0.1) is 18.9 Å². The Labute approximate surface area is 222 Å². The Balaban J connectivity index is 1.34. The number of aromatic nitrogens is 1. The number of piperazine rings is 1. The predicted octanol–water partition coefficient (Wildman–Crippen LogP) is 1.97. The molecule has 0 radical (unpaired) electrons. The first-order chi connectivity index (χ1) is 18.2. The van der Waals surface area contributed by atoms with Crippen molar-refractivity contribution in [2.75, 3.05) is 46.1 Å². The van der Waals surface area contributed by atoms with Crippen LogP contribution in [0.2, 0.25) is 0 Å². The largest absolute Gasteiger partial charge is 0.489 e. The van der Waals surface area contributed by atoms with Gasteiger partial charge in [-0.3, -0.25) is 19.5 Å². The smallest absolute Gasteiger partial charge is 0.324 e. The molecule has 1 amide bonds. The van der Waals surface area contributed by atoms with Crippen molar-refractivity contribution < 1.29 is 27.5 Å². The van der Waals surface area contributed by atoms with Gasteiger partial charge in [0.25, 0.3) is 5.91 Å². The van der Waals surface area contributed by atoms with Crippen LogP contribution in [-0.4, -0.2) is 86.6 Å². The molecule has 0 saturated carbocycles. The Morgan fingerprint density at radius 1 is 1.05 bits per heavy atom. The number of nitrogens with one attached hydrogen (secondary N) is 1. The number of nitrogens with zero attached hydrogens (tertiary/aromatic N) is 3. The van der Waals surface area contributed by atoms with E-state index >= 15 is 0 Å². The first-order valence-electron chi connectivity index (χ1n) is 12.3. The average Bonchev–Trinajstić information content (AvgIpc) is 2.91. The van der Waals surface area contributed by atoms with Gasteiger partial charge in [-0.2, -0.15) is 4.31 Å². The monoisotopic (exact) mass is 540 g/mol. The molecule has 0 bridgehead atoms. The number of ether oxygens (including phenoxy) is 2. The maximum absolute atomic E-state index is 12.8. The van der Waals surface area contributed by atoms with Crippen LogP contribution in [0.25, 0.3) is 10.9 Å². The summed E-state index contributed by atoms with van der Waals surface area (Å²) in [6.07, 6.45) is 1.17. The lowest BCUT2D eigenvalue weighted by atomic mass is 10.1. The van der Waals surface area contributed by atoms with Gasteiger partial charge >= 0.3 is 5.97 Å². The number of rotatable bonds is 9. The van der Waals surface area contributed by atoms with Gasteiger partial charge in [0, 0.05) is 54.9 Å². The summed E-state index contributed by atoms with van der Waals surface area (Å²) in [4.78, 5) is 31.6. The van der Waals surface area contributed by atoms with Crippen molar-refractivity contribution in [1.82, 2.24) is 19.5 Å². The lowest BCUT2D eigenvalue weighted by molar-refractivity contribution is -0.147. The van der Waals surface area contributed by atoms with Gasteiger partial charge in [0.2, 0.25) is 10.0 Å². The lowest BCUT2D eigenvalue weighted by Gasteiger charge is -2.37. The summed E-state index contributed by atoms with van der Waals surface area (Å²) in [5, 5.41) is 3.83. The quantitative estimate of drug-likeness (QED) is 0.410. The molecular formula is C27H32N4O6S. The summed E-state index contributed by atoms with van der Waals surface area (Å²) < 4.78 is 35.8. The Morgan fingerprint density at radius 3 is 2.39 bits per heavy atom. The fourth-order valence-electron chi connectivity index (χ4n) is 4.51. The van der Waals surface area contributed by atoms with Crippen molar-refractivity contribution in [2.24, 2.45) is 0 Å². The fraction of sp³-hybridized carbons (Fsp3) is 0.370. The number of amides is 1. The maximum atomic E-state index is 12.8. The molecule has 0 aliphatic carbocycles. The van der Waals surface area contributed by atoms with Crippen molar-refractivity contribution in [1.29, 1.82) is 0 Å². The van der Waals surface area contributed by atoms with Crippen LogP contribution in [0.5, 0.6) is 5.75 Å². The number of aryl methyl sites for hydroxylation is 1. The zero-order valence-electron chi connectivity index (χ0n) is 21.7. The summed E-state index contributed by atoms with van der Waals surface area (Å²) >= 11 is 0. The van der Waals surface area contributed by atoms with E-state index in [1.807, 2.05) is 42.2 Å². The van der Waals surface area contributed by atoms with E-state index in [1.165, 1.54) is 17.7 Å². The number of carbonyl (C=O) groups excluding carboxylic acids is 2. The van der Waals surface area contributed by atoms with Crippen LogP contribution in [0.4, 0.5) is 0 Å². The minimum absolute atomic E-state index is 0.0388. The van der Waals surface area contributed by atoms with Gasteiger partial charge in [-0.1, -0.05) is 18.2 Å². The first kappa shape index (κ1) is 27.5. The van der Waals surface area contributed by atoms with E-state index in [0.717, 1.165) is 22.2 Å². The highest BCUT2D eigenvalue weighted by molar-refractivity contribution is 7.88. The van der Waals surface area contributed by atoms with Gasteiger partial charge in [-0.25, -0.2) is 8.42 Å². The van der Waals surface area contributed by atoms with E-state index < -0.39 is 22.0 Å². The van der Waals surface area contributed by atoms with Crippen molar-refractivity contribution in [2.45, 2.75) is 19.6 Å². The summed E-state index contributed by atoms with van der Waals surface area (Å²) in [5.74, 6) is -0.201. The topological polar surface area (TPSA) is 118 Å². The molecule has 4 rings (SSSR count). The van der Waals surface area contributed by atoms with E-state index in [-0.39, 0.29) is 25.5 Å². The molecule has 38 heavy (non-hydrogen) atoms. The minimum Gasteiger partial charge on any atom is -0.489 e. The summed E-state index contributed by atoms with van der Waals surface area (Å²) in [6, 6.07) is 16.0. The van der Waals surface area contributed by atoms with Crippen LogP contribution >= 0.6 is 0 Å². The van der Waals surface area contributed by atoms with E-state index in [1.54, 1.807) is 24.3 Å². The van der Waals surface area contributed by atoms with Gasteiger partial charge in [0.15, 0.2) is 0 Å². The highest BCUT2D eigenvalue weighted by Gasteiger charge is 2.32. The van der Waals surface area contributed by atoms with Crippen LogP contribution in [0.1, 0.15) is 21.6 Å². The Bertz CT molecular complexity index is 1400. The molecule has 0 spiro atoms. The molecule has 2 aromatic carbocycles. The first-order valence-corrected chi connectivity index (χ1v) is 14.1. The molecule has 1 atom stereocenters. The second kappa shape index (κ2) is 11.9. The molecular weight excluding hydrogens is 508 g/mol. The summed E-state index contributed by atoms with van der Waals surface area (Å²) in [6.45, 7) is 3.62. The second-order valence-electron chi connectivity index (χ2n) is 9.20. The average molecular weight is 541 g/mol. The van der Waals surface area contributed by atoms with Crippen molar-refractivity contribution in [3.05, 3.63) is 71.4 Å². The van der Waals surface area contributed by atoms with Crippen LogP contribution in [-0.2, 0) is 26.2 Å². The molecule has 1 aromatic heterocycles. The van der Waals surface area contributed by atoms with Crippen molar-refractivity contribution in [3.8, 4) is 5.75 Å². The van der Waals surface area contributed by atoms with Gasteiger partial charge in [-0.05, 0) is 43.3 Å². The number of benzene rings is 2. The zero-order valence-corrected chi connectivity index (χ0v) is 22.5. The molecule has 1 fully saturated rings. The number of methoxy groups -OCH3 is 1. The number of sulfonamides is 1. The highest BCUT2D eigenvalue weighted by Crippen LogP contribution is 2.21. The SMILES string of the molecule is COC(=O)[C@@H](CNC(=O)c1ccc(OCc2cc(C)nc3ccccc23)cc1)N1CCN(S(C)(=O)=O)CC1. The predicted molar refractivity (Wildman–Crippen MR) is 143 cm³/mol. The highest BCUT2D eigenvalue weighted by atomic mass is 32.2. The van der Waals surface area contributed by atoms with Crippen LogP contribution < -0.4 is 10.1 Å². The maximum Gasteiger partial charge on any atom is 0.324 e. The third-order valence-corrected chi connectivity index (χ3v) is 7.86. The molecule has 1 saturated heterocycles. The standard InChI is InChI=1S/C27H32N4O6S/c1-19-16-21(23-6-4-5-7-24(23)29-19)18-37-22-10-8-20(9-11-22)26(32)28-17-25(27(33)36-2)30-12-14-31(15-13-30)38(3,34)35/h4-11,16,25H,12-15,17-18H2,1-3H3,(H,28,32)/t25-/m1/s1. The Morgan fingerprint density at radius 2 is 1.74 bits per heavy atom. The van der Waals surface area contributed by atoms with E-state index in [4.69, 9.17) is 9.47 Å². The summed E-state index contributed by atoms with van der Waals surface area (Å²) in [5.41, 5.74) is 3.28. The number of fused-ring (bicyclic) bond motifs is 1. The van der Waals surface area contributed by atoms with Crippen molar-refractivity contribution >= 4 is 32.8 Å². The number of pyridine rings is 1. The number of hydrogen-bond donors (Lipinski definition) is 1. The van der Waals surface area contributed by atoms with E-state index in [0.29, 0.717) is 31.0 Å². The number of hydrogen-bond acceptors (Lipinski definition) is 8. The third kappa shape index (κ3) is 6.66. The normalized spacial score (nSPS) is 15.7. The minimum atomic E-state index is -3.29. The molecule has 1 N–H and O–H groups in total. The van der Waals surface area contributed by atoms with Crippen LogP contribution in [0.3, 0.4) is 0 Å². The second-order valence-corrected chi connectivity index (χ2v) is 11.2.